The first-order valence-corrected chi connectivity index (χ1v) is 7.75. The van der Waals surface area contributed by atoms with Crippen molar-refractivity contribution in [2.24, 2.45) is 5.73 Å². The summed E-state index contributed by atoms with van der Waals surface area (Å²) < 4.78 is 32.2. The fraction of sp³-hybridized carbons (Fsp3) is 0.0769. The fourth-order valence-electron chi connectivity index (χ4n) is 1.66. The van der Waals surface area contributed by atoms with E-state index >= 15 is 0 Å². The second kappa shape index (κ2) is 6.06. The Morgan fingerprint density at radius 1 is 1.29 bits per heavy atom. The lowest BCUT2D eigenvalue weighted by Gasteiger charge is -2.11. The third-order valence-corrected chi connectivity index (χ3v) is 4.24. The van der Waals surface area contributed by atoms with E-state index in [0.717, 1.165) is 0 Å². The molecule has 8 heteroatoms. The summed E-state index contributed by atoms with van der Waals surface area (Å²) in [7, 11) is -2.30. The van der Waals surface area contributed by atoms with E-state index in [1.54, 1.807) is 24.3 Å². The molecule has 0 unspecified atom stereocenters. The molecule has 0 fully saturated rings. The number of benzene rings is 1. The van der Waals surface area contributed by atoms with Crippen LogP contribution in [0.15, 0.2) is 47.5 Å². The van der Waals surface area contributed by atoms with Gasteiger partial charge in [-0.1, -0.05) is 12.2 Å². The van der Waals surface area contributed by atoms with Crippen LogP contribution in [0.2, 0.25) is 0 Å². The van der Waals surface area contributed by atoms with Gasteiger partial charge in [-0.3, -0.25) is 9.71 Å². The molecule has 0 atom stereocenters. The number of nitrogens with zero attached hydrogens (tertiary/aromatic N) is 1. The van der Waals surface area contributed by atoms with Gasteiger partial charge in [0.2, 0.25) is 0 Å². The summed E-state index contributed by atoms with van der Waals surface area (Å²) in [4.78, 5) is 3.77. The Hall–Kier alpha value is -2.19. The lowest BCUT2D eigenvalue weighted by molar-refractivity contribution is 0.415. The maximum absolute atomic E-state index is 12.4. The first-order chi connectivity index (χ1) is 9.94. The van der Waals surface area contributed by atoms with Crippen LogP contribution in [0.1, 0.15) is 5.69 Å². The number of thiocarbonyl (C=S) groups is 1. The van der Waals surface area contributed by atoms with Gasteiger partial charge in [-0.2, -0.15) is 0 Å². The predicted molar refractivity (Wildman–Crippen MR) is 83.9 cm³/mol. The number of hydrogen-bond donors (Lipinski definition) is 2. The van der Waals surface area contributed by atoms with Crippen molar-refractivity contribution in [2.45, 2.75) is 4.90 Å². The first kappa shape index (κ1) is 15.2. The smallest absolute Gasteiger partial charge is 0.264 e. The van der Waals surface area contributed by atoms with Gasteiger partial charge in [0.1, 0.15) is 21.3 Å². The van der Waals surface area contributed by atoms with Crippen LogP contribution in [-0.2, 0) is 10.0 Å². The molecule has 1 heterocycles. The van der Waals surface area contributed by atoms with Gasteiger partial charge in [-0.15, -0.1) is 0 Å². The zero-order valence-corrected chi connectivity index (χ0v) is 12.7. The summed E-state index contributed by atoms with van der Waals surface area (Å²) in [5, 5.41) is 0. The molecule has 0 saturated carbocycles. The molecule has 0 radical (unpaired) electrons. The number of nitrogens with one attached hydrogen (secondary N) is 1. The number of methoxy groups -OCH3 is 1. The zero-order chi connectivity index (χ0) is 15.5. The molecule has 110 valence electrons. The molecule has 1 aromatic carbocycles. The quantitative estimate of drug-likeness (QED) is 0.810. The minimum absolute atomic E-state index is 0.0617. The van der Waals surface area contributed by atoms with E-state index in [1.165, 1.54) is 25.4 Å². The molecule has 21 heavy (non-hydrogen) atoms. The highest BCUT2D eigenvalue weighted by Gasteiger charge is 2.20. The third kappa shape index (κ3) is 3.47. The molecule has 2 rings (SSSR count). The number of ether oxygens (including phenoxy) is 1. The molecule has 6 nitrogen and oxygen atoms in total. The van der Waals surface area contributed by atoms with E-state index in [9.17, 15) is 8.42 Å². The number of nitrogens with two attached hydrogens (primary N) is 1. The Morgan fingerprint density at radius 2 is 1.95 bits per heavy atom. The summed E-state index contributed by atoms with van der Waals surface area (Å²) in [6.45, 7) is 0. The molecule has 2 aromatic rings. The minimum atomic E-state index is -3.83. The molecule has 0 aliphatic carbocycles. The van der Waals surface area contributed by atoms with Crippen molar-refractivity contribution in [2.75, 3.05) is 11.8 Å². The van der Waals surface area contributed by atoms with Crippen molar-refractivity contribution in [1.29, 1.82) is 0 Å². The van der Waals surface area contributed by atoms with Gasteiger partial charge in [-0.25, -0.2) is 8.42 Å². The summed E-state index contributed by atoms with van der Waals surface area (Å²) in [6.07, 6.45) is 1.43. The SMILES string of the molecule is COc1ccc(NS(=O)(=O)c2cccnc2C(N)=S)cc1. The second-order valence-corrected chi connectivity index (χ2v) is 6.14. The van der Waals surface area contributed by atoms with Crippen LogP contribution in [-0.4, -0.2) is 25.5 Å². The van der Waals surface area contributed by atoms with Crippen LogP contribution in [0.4, 0.5) is 5.69 Å². The lowest BCUT2D eigenvalue weighted by atomic mass is 10.3. The summed E-state index contributed by atoms with van der Waals surface area (Å²) in [5.74, 6) is 0.628. The van der Waals surface area contributed by atoms with Gasteiger partial charge in [-0.05, 0) is 36.4 Å². The maximum atomic E-state index is 12.4. The van der Waals surface area contributed by atoms with Crippen LogP contribution in [0.25, 0.3) is 0 Å². The summed E-state index contributed by atoms with van der Waals surface area (Å²) in [5.41, 5.74) is 5.96. The largest absolute Gasteiger partial charge is 0.497 e. The predicted octanol–water partition coefficient (Wildman–Crippen LogP) is 1.53. The highest BCUT2D eigenvalue weighted by atomic mass is 32.2. The molecular formula is C13H13N3O3S2. The highest BCUT2D eigenvalue weighted by Crippen LogP contribution is 2.20. The molecular weight excluding hydrogens is 310 g/mol. The van der Waals surface area contributed by atoms with Gasteiger partial charge in [0.25, 0.3) is 10.0 Å². The number of pyridine rings is 1. The van der Waals surface area contributed by atoms with Crippen molar-refractivity contribution in [1.82, 2.24) is 4.98 Å². The maximum Gasteiger partial charge on any atom is 0.264 e. The Balaban J connectivity index is 2.36. The lowest BCUT2D eigenvalue weighted by Crippen LogP contribution is -2.21. The summed E-state index contributed by atoms with van der Waals surface area (Å²) in [6, 6.07) is 9.38. The number of aromatic nitrogens is 1. The number of anilines is 1. The van der Waals surface area contributed by atoms with Gasteiger partial charge in [0.05, 0.1) is 7.11 Å². The Morgan fingerprint density at radius 3 is 2.52 bits per heavy atom. The average molecular weight is 323 g/mol. The standard InChI is InChI=1S/C13H13N3O3S2/c1-19-10-6-4-9(5-7-10)16-21(17,18)11-3-2-8-15-12(11)13(14)20/h2-8,16H,1H3,(H2,14,20). The van der Waals surface area contributed by atoms with Gasteiger partial charge in [0, 0.05) is 11.9 Å². The number of rotatable bonds is 5. The van der Waals surface area contributed by atoms with Gasteiger partial charge >= 0.3 is 0 Å². The zero-order valence-electron chi connectivity index (χ0n) is 11.1. The van der Waals surface area contributed by atoms with Crippen molar-refractivity contribution in [3.63, 3.8) is 0 Å². The first-order valence-electron chi connectivity index (χ1n) is 5.86. The van der Waals surface area contributed by atoms with E-state index in [4.69, 9.17) is 22.7 Å². The monoisotopic (exact) mass is 323 g/mol. The van der Waals surface area contributed by atoms with Crippen LogP contribution in [0.5, 0.6) is 5.75 Å². The normalized spacial score (nSPS) is 10.9. The average Bonchev–Trinajstić information content (AvgIpc) is 2.47. The van der Waals surface area contributed by atoms with E-state index in [-0.39, 0.29) is 15.6 Å². The molecule has 3 N–H and O–H groups in total. The van der Waals surface area contributed by atoms with Crippen molar-refractivity contribution < 1.29 is 13.2 Å². The molecule has 0 aliphatic heterocycles. The molecule has 0 saturated heterocycles. The van der Waals surface area contributed by atoms with Crippen LogP contribution < -0.4 is 15.2 Å². The van der Waals surface area contributed by atoms with Crippen molar-refractivity contribution >= 4 is 32.9 Å². The van der Waals surface area contributed by atoms with Crippen LogP contribution in [0, 0.1) is 0 Å². The van der Waals surface area contributed by atoms with Crippen LogP contribution >= 0.6 is 12.2 Å². The van der Waals surface area contributed by atoms with Crippen molar-refractivity contribution in [3.05, 3.63) is 48.3 Å². The minimum Gasteiger partial charge on any atom is -0.497 e. The topological polar surface area (TPSA) is 94.3 Å². The Kier molecular flexibility index (Phi) is 4.39. The molecule has 0 aliphatic rings. The highest BCUT2D eigenvalue weighted by molar-refractivity contribution is 7.93. The van der Waals surface area contributed by atoms with Gasteiger partial charge < -0.3 is 10.5 Å². The van der Waals surface area contributed by atoms with E-state index in [2.05, 4.69) is 9.71 Å². The molecule has 0 amide bonds. The number of sulfonamides is 1. The summed E-state index contributed by atoms with van der Waals surface area (Å²) >= 11 is 4.82. The van der Waals surface area contributed by atoms with E-state index in [0.29, 0.717) is 11.4 Å². The second-order valence-electron chi connectivity index (χ2n) is 4.05. The Bertz CT molecular complexity index is 758. The fourth-order valence-corrected chi connectivity index (χ4v) is 3.12. The molecule has 1 aromatic heterocycles. The van der Waals surface area contributed by atoms with E-state index < -0.39 is 10.0 Å². The Labute approximate surface area is 128 Å². The third-order valence-electron chi connectivity index (χ3n) is 2.64. The molecule has 0 bridgehead atoms. The van der Waals surface area contributed by atoms with Crippen LogP contribution in [0.3, 0.4) is 0 Å². The van der Waals surface area contributed by atoms with Gasteiger partial charge in [0.15, 0.2) is 0 Å². The molecule has 0 spiro atoms. The van der Waals surface area contributed by atoms with E-state index in [1.807, 2.05) is 0 Å². The van der Waals surface area contributed by atoms with Crippen molar-refractivity contribution in [3.8, 4) is 5.75 Å². The number of hydrogen-bond acceptors (Lipinski definition) is 5.